The van der Waals surface area contributed by atoms with Gasteiger partial charge in [0.15, 0.2) is 5.13 Å². The molecule has 0 bridgehead atoms. The molecule has 7 nitrogen and oxygen atoms in total. The minimum absolute atomic E-state index is 0.110. The molecule has 8 heteroatoms. The lowest BCUT2D eigenvalue weighted by Gasteiger charge is -2.31. The first-order chi connectivity index (χ1) is 16.1. The molecule has 3 aromatic rings. The second kappa shape index (κ2) is 10.6. The smallest absolute Gasteiger partial charge is 0.272 e. The molecule has 0 radical (unpaired) electrons. The second-order valence-electron chi connectivity index (χ2n) is 8.12. The van der Waals surface area contributed by atoms with Crippen molar-refractivity contribution < 1.29 is 14.3 Å². The fraction of sp³-hybridized carbons (Fsp3) is 0.360. The largest absolute Gasteiger partial charge is 0.496 e. The van der Waals surface area contributed by atoms with Crippen LogP contribution in [-0.2, 0) is 11.2 Å². The summed E-state index contributed by atoms with van der Waals surface area (Å²) in [6.45, 7) is 3.16. The van der Waals surface area contributed by atoms with E-state index >= 15 is 0 Å². The molecule has 2 aromatic heterocycles. The van der Waals surface area contributed by atoms with Crippen molar-refractivity contribution >= 4 is 28.3 Å². The van der Waals surface area contributed by atoms with Gasteiger partial charge in [-0.15, -0.1) is 11.3 Å². The van der Waals surface area contributed by atoms with Gasteiger partial charge in [-0.3, -0.25) is 14.6 Å². The zero-order valence-electron chi connectivity index (χ0n) is 18.9. The zero-order valence-corrected chi connectivity index (χ0v) is 19.7. The van der Waals surface area contributed by atoms with Crippen molar-refractivity contribution in [3.63, 3.8) is 0 Å². The highest BCUT2D eigenvalue weighted by Crippen LogP contribution is 2.33. The van der Waals surface area contributed by atoms with Crippen molar-refractivity contribution in [2.75, 3.05) is 25.5 Å². The van der Waals surface area contributed by atoms with Crippen LogP contribution in [-0.4, -0.2) is 46.9 Å². The maximum absolute atomic E-state index is 13.0. The fourth-order valence-corrected chi connectivity index (χ4v) is 4.80. The highest BCUT2D eigenvalue weighted by Gasteiger charge is 2.30. The summed E-state index contributed by atoms with van der Waals surface area (Å²) in [6.07, 6.45) is 5.17. The van der Waals surface area contributed by atoms with Gasteiger partial charge in [-0.05, 0) is 49.1 Å². The number of methoxy groups -OCH3 is 1. The highest BCUT2D eigenvalue weighted by molar-refractivity contribution is 7.14. The first kappa shape index (κ1) is 22.9. The number of benzene rings is 1. The molecule has 2 amide bonds. The van der Waals surface area contributed by atoms with Crippen molar-refractivity contribution in [1.82, 2.24) is 14.9 Å². The van der Waals surface area contributed by atoms with E-state index in [1.165, 1.54) is 16.9 Å². The number of carbonyl (C=O) groups is 2. The molecule has 1 aromatic carbocycles. The Labute approximate surface area is 197 Å². The van der Waals surface area contributed by atoms with Crippen molar-refractivity contribution in [3.8, 4) is 17.0 Å². The van der Waals surface area contributed by atoms with E-state index < -0.39 is 0 Å². The third kappa shape index (κ3) is 5.39. The van der Waals surface area contributed by atoms with Crippen LogP contribution in [0.4, 0.5) is 5.13 Å². The molecule has 0 spiro atoms. The maximum Gasteiger partial charge on any atom is 0.272 e. The number of aryl methyl sites for hydroxylation is 1. The Balaban J connectivity index is 1.44. The van der Waals surface area contributed by atoms with Gasteiger partial charge in [0.05, 0.1) is 18.7 Å². The maximum atomic E-state index is 13.0. The molecule has 4 rings (SSSR count). The number of anilines is 1. The SMILES string of the molecule is CCCc1ccc(OC)c(-c2csc(NC(=O)[C@H]3CCCN(C(=O)c4ccccn4)C3)n2)c1. The number of likely N-dealkylation sites (tertiary alicyclic amines) is 1. The van der Waals surface area contributed by atoms with Gasteiger partial charge in [0, 0.05) is 30.2 Å². The van der Waals surface area contributed by atoms with E-state index in [4.69, 9.17) is 4.74 Å². The molecule has 33 heavy (non-hydrogen) atoms. The summed E-state index contributed by atoms with van der Waals surface area (Å²) in [4.78, 5) is 36.2. The average molecular weight is 465 g/mol. The predicted octanol–water partition coefficient (Wildman–Crippen LogP) is 4.66. The zero-order chi connectivity index (χ0) is 23.2. The van der Waals surface area contributed by atoms with Gasteiger partial charge >= 0.3 is 0 Å². The Morgan fingerprint density at radius 2 is 2.15 bits per heavy atom. The monoisotopic (exact) mass is 464 g/mol. The van der Waals surface area contributed by atoms with Crippen LogP contribution in [0.5, 0.6) is 5.75 Å². The summed E-state index contributed by atoms with van der Waals surface area (Å²) < 4.78 is 5.52. The number of piperidine rings is 1. The Morgan fingerprint density at radius 3 is 2.91 bits per heavy atom. The van der Waals surface area contributed by atoms with Gasteiger partial charge in [-0.1, -0.05) is 25.5 Å². The van der Waals surface area contributed by atoms with Crippen molar-refractivity contribution in [2.24, 2.45) is 5.92 Å². The third-order valence-corrected chi connectivity index (χ3v) is 6.53. The molecule has 1 aliphatic heterocycles. The van der Waals surface area contributed by atoms with Gasteiger partial charge in [0.2, 0.25) is 5.91 Å². The minimum atomic E-state index is -0.277. The summed E-state index contributed by atoms with van der Waals surface area (Å²) >= 11 is 1.39. The van der Waals surface area contributed by atoms with Crippen molar-refractivity contribution in [3.05, 3.63) is 59.2 Å². The van der Waals surface area contributed by atoms with E-state index in [0.717, 1.165) is 42.7 Å². The Kier molecular flexibility index (Phi) is 7.34. The average Bonchev–Trinajstić information content (AvgIpc) is 3.32. The van der Waals surface area contributed by atoms with Crippen LogP contribution in [0.15, 0.2) is 48.0 Å². The molecule has 1 saturated heterocycles. The van der Waals surface area contributed by atoms with Crippen LogP contribution in [0.2, 0.25) is 0 Å². The molecule has 0 saturated carbocycles. The van der Waals surface area contributed by atoms with Crippen molar-refractivity contribution in [2.45, 2.75) is 32.6 Å². The van der Waals surface area contributed by atoms with Crippen LogP contribution >= 0.6 is 11.3 Å². The number of ether oxygens (including phenoxy) is 1. The number of aromatic nitrogens is 2. The number of thiazole rings is 1. The second-order valence-corrected chi connectivity index (χ2v) is 8.98. The summed E-state index contributed by atoms with van der Waals surface area (Å²) in [5, 5.41) is 5.43. The lowest BCUT2D eigenvalue weighted by Crippen LogP contribution is -2.44. The lowest BCUT2D eigenvalue weighted by atomic mass is 9.97. The van der Waals surface area contributed by atoms with E-state index in [9.17, 15) is 9.59 Å². The molecular weight excluding hydrogens is 436 g/mol. The predicted molar refractivity (Wildman–Crippen MR) is 130 cm³/mol. The number of carbonyl (C=O) groups excluding carboxylic acids is 2. The number of hydrogen-bond acceptors (Lipinski definition) is 6. The molecule has 1 fully saturated rings. The van der Waals surface area contributed by atoms with E-state index in [1.807, 2.05) is 11.4 Å². The van der Waals surface area contributed by atoms with Crippen LogP contribution in [0.25, 0.3) is 11.3 Å². The fourth-order valence-electron chi connectivity index (χ4n) is 4.09. The number of hydrogen-bond donors (Lipinski definition) is 1. The molecule has 0 unspecified atom stereocenters. The summed E-state index contributed by atoms with van der Waals surface area (Å²) in [5.41, 5.74) is 3.33. The minimum Gasteiger partial charge on any atom is -0.496 e. The molecule has 0 aliphatic carbocycles. The Hall–Kier alpha value is -3.26. The number of pyridine rings is 1. The lowest BCUT2D eigenvalue weighted by molar-refractivity contribution is -0.121. The standard InChI is InChI=1S/C25H28N4O3S/c1-3-7-17-10-11-22(32-2)19(14-17)21-16-33-25(27-21)28-23(30)18-8-6-13-29(15-18)24(31)20-9-4-5-12-26-20/h4-5,9-12,14,16,18H,3,6-8,13,15H2,1-2H3,(H,27,28,30)/t18-/m0/s1. The molecular formula is C25H28N4O3S. The summed E-state index contributed by atoms with van der Waals surface area (Å²) in [7, 11) is 1.65. The number of rotatable bonds is 7. The van der Waals surface area contributed by atoms with E-state index in [1.54, 1.807) is 36.4 Å². The van der Waals surface area contributed by atoms with Crippen molar-refractivity contribution in [1.29, 1.82) is 0 Å². The van der Waals surface area contributed by atoms with E-state index in [0.29, 0.717) is 23.9 Å². The first-order valence-corrected chi connectivity index (χ1v) is 12.1. The van der Waals surface area contributed by atoms with Gasteiger partial charge < -0.3 is 15.0 Å². The van der Waals surface area contributed by atoms with Crippen LogP contribution in [0.3, 0.4) is 0 Å². The molecule has 1 atom stereocenters. The third-order valence-electron chi connectivity index (χ3n) is 5.78. The molecule has 3 heterocycles. The van der Waals surface area contributed by atoms with Crippen LogP contribution < -0.4 is 10.1 Å². The Bertz CT molecular complexity index is 1120. The molecule has 172 valence electrons. The van der Waals surface area contributed by atoms with Gasteiger partial charge in [0.1, 0.15) is 11.4 Å². The van der Waals surface area contributed by atoms with E-state index in [2.05, 4.69) is 34.3 Å². The first-order valence-electron chi connectivity index (χ1n) is 11.2. The Morgan fingerprint density at radius 1 is 1.27 bits per heavy atom. The number of nitrogens with one attached hydrogen (secondary N) is 1. The van der Waals surface area contributed by atoms with Crippen LogP contribution in [0.1, 0.15) is 42.2 Å². The van der Waals surface area contributed by atoms with E-state index in [-0.39, 0.29) is 17.7 Å². The quantitative estimate of drug-likeness (QED) is 0.550. The summed E-state index contributed by atoms with van der Waals surface area (Å²) in [5.74, 6) is 0.236. The molecule has 1 N–H and O–H groups in total. The van der Waals surface area contributed by atoms with Gasteiger partial charge in [-0.25, -0.2) is 4.98 Å². The normalized spacial score (nSPS) is 15.8. The highest BCUT2D eigenvalue weighted by atomic mass is 32.1. The van der Waals surface area contributed by atoms with Gasteiger partial charge in [0.25, 0.3) is 5.91 Å². The van der Waals surface area contributed by atoms with Crippen LogP contribution in [0, 0.1) is 5.92 Å². The number of nitrogens with zero attached hydrogens (tertiary/aromatic N) is 3. The number of amides is 2. The summed E-state index contributed by atoms with van der Waals surface area (Å²) in [6, 6.07) is 11.4. The topological polar surface area (TPSA) is 84.4 Å². The molecule has 1 aliphatic rings. The van der Waals surface area contributed by atoms with Gasteiger partial charge in [-0.2, -0.15) is 0 Å².